The largest absolute Gasteiger partial charge is 0.493 e. The van der Waals surface area contributed by atoms with E-state index in [1.165, 1.54) is 11.3 Å². The fourth-order valence-electron chi connectivity index (χ4n) is 2.81. The number of carbonyl (C=O) groups is 1. The van der Waals surface area contributed by atoms with E-state index in [1.807, 2.05) is 49.6 Å². The van der Waals surface area contributed by atoms with Gasteiger partial charge in [-0.25, -0.2) is 9.78 Å². The molecule has 7 nitrogen and oxygen atoms in total. The number of urea groups is 1. The highest BCUT2D eigenvalue weighted by Crippen LogP contribution is 2.30. The second kappa shape index (κ2) is 10.5. The minimum absolute atomic E-state index is 0.223. The van der Waals surface area contributed by atoms with Crippen molar-refractivity contribution in [1.82, 2.24) is 10.3 Å². The Kier molecular flexibility index (Phi) is 7.51. The second-order valence-electron chi connectivity index (χ2n) is 6.46. The lowest BCUT2D eigenvalue weighted by Gasteiger charge is -2.17. The van der Waals surface area contributed by atoms with Crippen LogP contribution in [0.15, 0.2) is 53.4 Å². The van der Waals surface area contributed by atoms with Crippen molar-refractivity contribution in [3.8, 4) is 17.2 Å². The average molecular weight is 428 g/mol. The first-order valence-corrected chi connectivity index (χ1v) is 10.5. The van der Waals surface area contributed by atoms with Crippen molar-refractivity contribution in [2.45, 2.75) is 26.5 Å². The van der Waals surface area contributed by atoms with Gasteiger partial charge in [-0.15, -0.1) is 11.3 Å². The molecule has 2 aromatic carbocycles. The molecular formula is C22H25N3O4S. The third-order valence-electron chi connectivity index (χ3n) is 4.30. The molecule has 1 atom stereocenters. The number of nitrogens with one attached hydrogen (secondary N) is 2. The van der Waals surface area contributed by atoms with E-state index >= 15 is 0 Å². The van der Waals surface area contributed by atoms with Crippen LogP contribution in [-0.4, -0.2) is 24.7 Å². The summed E-state index contributed by atoms with van der Waals surface area (Å²) < 4.78 is 16.6. The van der Waals surface area contributed by atoms with E-state index in [2.05, 4.69) is 15.6 Å². The first-order chi connectivity index (χ1) is 14.6. The van der Waals surface area contributed by atoms with E-state index in [4.69, 9.17) is 14.2 Å². The number of rotatable bonds is 9. The molecule has 3 aromatic rings. The molecule has 1 aromatic heterocycles. The maximum Gasteiger partial charge on any atom is 0.319 e. The molecule has 0 spiro atoms. The number of amides is 2. The number of aromatic nitrogens is 1. The first-order valence-electron chi connectivity index (χ1n) is 9.57. The SMILES string of the molecule is CCOc1ccc(C(C)NC(=O)Nc2cccc(OCc3cscn3)c2)cc1OC. The van der Waals surface area contributed by atoms with Crippen LogP contribution in [-0.2, 0) is 6.61 Å². The van der Waals surface area contributed by atoms with Crippen molar-refractivity contribution in [3.63, 3.8) is 0 Å². The van der Waals surface area contributed by atoms with Crippen LogP contribution in [0.2, 0.25) is 0 Å². The number of benzene rings is 2. The van der Waals surface area contributed by atoms with Gasteiger partial charge in [0.25, 0.3) is 0 Å². The lowest BCUT2D eigenvalue weighted by molar-refractivity contribution is 0.249. The minimum Gasteiger partial charge on any atom is -0.493 e. The highest BCUT2D eigenvalue weighted by molar-refractivity contribution is 7.07. The first kappa shape index (κ1) is 21.4. The molecule has 158 valence electrons. The molecule has 0 bridgehead atoms. The number of carbonyl (C=O) groups excluding carboxylic acids is 1. The lowest BCUT2D eigenvalue weighted by Crippen LogP contribution is -2.31. The fraction of sp³-hybridized carbons (Fsp3) is 0.273. The molecule has 2 amide bonds. The molecule has 0 fully saturated rings. The fourth-order valence-corrected chi connectivity index (χ4v) is 3.35. The molecule has 8 heteroatoms. The Balaban J connectivity index is 1.57. The van der Waals surface area contributed by atoms with Crippen LogP contribution in [0, 0.1) is 0 Å². The molecule has 0 aliphatic rings. The number of thiazole rings is 1. The zero-order valence-electron chi connectivity index (χ0n) is 17.2. The number of anilines is 1. The molecule has 0 aliphatic carbocycles. The summed E-state index contributed by atoms with van der Waals surface area (Å²) in [7, 11) is 1.59. The molecule has 0 radical (unpaired) electrons. The Morgan fingerprint density at radius 3 is 2.77 bits per heavy atom. The van der Waals surface area contributed by atoms with Crippen LogP contribution >= 0.6 is 11.3 Å². The molecule has 1 heterocycles. The number of hydrogen-bond donors (Lipinski definition) is 2. The summed E-state index contributed by atoms with van der Waals surface area (Å²) in [5.41, 5.74) is 4.18. The summed E-state index contributed by atoms with van der Waals surface area (Å²) >= 11 is 1.52. The van der Waals surface area contributed by atoms with E-state index in [-0.39, 0.29) is 12.1 Å². The van der Waals surface area contributed by atoms with Gasteiger partial charge in [0.2, 0.25) is 0 Å². The van der Waals surface area contributed by atoms with Gasteiger partial charge in [-0.2, -0.15) is 0 Å². The van der Waals surface area contributed by atoms with Gasteiger partial charge in [-0.1, -0.05) is 12.1 Å². The number of methoxy groups -OCH3 is 1. The van der Waals surface area contributed by atoms with Gasteiger partial charge in [0, 0.05) is 17.1 Å². The zero-order valence-corrected chi connectivity index (χ0v) is 18.0. The van der Waals surface area contributed by atoms with Crippen LogP contribution in [0.3, 0.4) is 0 Å². The Morgan fingerprint density at radius 1 is 1.17 bits per heavy atom. The van der Waals surface area contributed by atoms with Crippen molar-refractivity contribution >= 4 is 23.1 Å². The van der Waals surface area contributed by atoms with Crippen molar-refractivity contribution in [2.75, 3.05) is 19.0 Å². The summed E-state index contributed by atoms with van der Waals surface area (Å²) in [6.45, 7) is 4.76. The molecule has 0 aliphatic heterocycles. The van der Waals surface area contributed by atoms with Crippen LogP contribution in [0.1, 0.15) is 31.1 Å². The standard InChI is InChI=1S/C22H25N3O4S/c1-4-28-20-9-8-16(10-21(20)27-3)15(2)24-22(26)25-17-6-5-7-19(11-17)29-12-18-13-30-14-23-18/h5-11,13-15H,4,12H2,1-3H3,(H2,24,25,26). The second-order valence-corrected chi connectivity index (χ2v) is 7.18. The minimum atomic E-state index is -0.313. The van der Waals surface area contributed by atoms with Gasteiger partial charge in [0.15, 0.2) is 11.5 Å². The van der Waals surface area contributed by atoms with Crippen molar-refractivity contribution in [2.24, 2.45) is 0 Å². The predicted octanol–water partition coefficient (Wildman–Crippen LogP) is 5.01. The van der Waals surface area contributed by atoms with E-state index in [1.54, 1.807) is 24.8 Å². The molecule has 0 saturated carbocycles. The molecular weight excluding hydrogens is 402 g/mol. The Labute approximate surface area is 180 Å². The van der Waals surface area contributed by atoms with E-state index in [9.17, 15) is 4.79 Å². The Morgan fingerprint density at radius 2 is 2.03 bits per heavy atom. The Bertz CT molecular complexity index is 963. The number of nitrogens with zero attached hydrogens (tertiary/aromatic N) is 1. The van der Waals surface area contributed by atoms with Crippen LogP contribution in [0.5, 0.6) is 17.2 Å². The van der Waals surface area contributed by atoms with E-state index in [0.29, 0.717) is 36.1 Å². The van der Waals surface area contributed by atoms with Gasteiger partial charge in [0.05, 0.1) is 31.0 Å². The highest BCUT2D eigenvalue weighted by atomic mass is 32.1. The van der Waals surface area contributed by atoms with Crippen LogP contribution in [0.25, 0.3) is 0 Å². The molecule has 0 saturated heterocycles. The Hall–Kier alpha value is -3.26. The summed E-state index contributed by atoms with van der Waals surface area (Å²) in [5, 5.41) is 7.70. The van der Waals surface area contributed by atoms with Gasteiger partial charge >= 0.3 is 6.03 Å². The third kappa shape index (κ3) is 5.87. The summed E-state index contributed by atoms with van der Waals surface area (Å²) in [5.74, 6) is 1.97. The van der Waals surface area contributed by atoms with Gasteiger partial charge in [-0.05, 0) is 43.7 Å². The zero-order chi connectivity index (χ0) is 21.3. The maximum absolute atomic E-state index is 12.4. The van der Waals surface area contributed by atoms with Gasteiger partial charge < -0.3 is 24.8 Å². The van der Waals surface area contributed by atoms with Crippen molar-refractivity contribution in [1.29, 1.82) is 0 Å². The molecule has 1 unspecified atom stereocenters. The summed E-state index contributed by atoms with van der Waals surface area (Å²) in [6.07, 6.45) is 0. The maximum atomic E-state index is 12.4. The lowest BCUT2D eigenvalue weighted by atomic mass is 10.1. The van der Waals surface area contributed by atoms with Gasteiger partial charge in [0.1, 0.15) is 12.4 Å². The van der Waals surface area contributed by atoms with Gasteiger partial charge in [-0.3, -0.25) is 0 Å². The van der Waals surface area contributed by atoms with Crippen molar-refractivity contribution < 1.29 is 19.0 Å². The van der Waals surface area contributed by atoms with Crippen molar-refractivity contribution in [3.05, 3.63) is 64.6 Å². The summed E-state index contributed by atoms with van der Waals surface area (Å²) in [6, 6.07) is 12.3. The van der Waals surface area contributed by atoms with E-state index in [0.717, 1.165) is 11.3 Å². The summed E-state index contributed by atoms with van der Waals surface area (Å²) in [4.78, 5) is 16.6. The topological polar surface area (TPSA) is 81.7 Å². The smallest absolute Gasteiger partial charge is 0.319 e. The quantitative estimate of drug-likeness (QED) is 0.502. The number of hydrogen-bond acceptors (Lipinski definition) is 6. The molecule has 2 N–H and O–H groups in total. The normalized spacial score (nSPS) is 11.4. The van der Waals surface area contributed by atoms with Crippen LogP contribution in [0.4, 0.5) is 10.5 Å². The molecule has 3 rings (SSSR count). The van der Waals surface area contributed by atoms with Crippen LogP contribution < -0.4 is 24.8 Å². The highest BCUT2D eigenvalue weighted by Gasteiger charge is 2.13. The third-order valence-corrected chi connectivity index (χ3v) is 4.93. The predicted molar refractivity (Wildman–Crippen MR) is 118 cm³/mol. The molecule has 30 heavy (non-hydrogen) atoms. The number of ether oxygens (including phenoxy) is 3. The monoisotopic (exact) mass is 427 g/mol. The average Bonchev–Trinajstić information content (AvgIpc) is 3.26. The van der Waals surface area contributed by atoms with E-state index < -0.39 is 0 Å².